The van der Waals surface area contributed by atoms with Crippen LogP contribution in [-0.2, 0) is 6.42 Å². The lowest BCUT2D eigenvalue weighted by molar-refractivity contribution is 0.335. The van der Waals surface area contributed by atoms with E-state index < -0.39 is 6.17 Å². The number of allylic oxidation sites excluding steroid dienone is 2. The lowest BCUT2D eigenvalue weighted by Crippen LogP contribution is -1.94. The molecule has 0 saturated heterocycles. The number of halogens is 1. The Balaban J connectivity index is 1.75. The first-order valence-corrected chi connectivity index (χ1v) is 10.1. The first-order chi connectivity index (χ1) is 14.2. The predicted octanol–water partition coefficient (Wildman–Crippen LogP) is 7.08. The minimum Gasteiger partial charge on any atom is -0.248 e. The van der Waals surface area contributed by atoms with Crippen LogP contribution in [0.15, 0.2) is 79.7 Å². The van der Waals surface area contributed by atoms with Gasteiger partial charge in [-0.15, -0.1) is 6.58 Å². The zero-order valence-corrected chi connectivity index (χ0v) is 16.9. The van der Waals surface area contributed by atoms with Gasteiger partial charge in [-0.25, -0.2) is 14.4 Å². The van der Waals surface area contributed by atoms with E-state index in [1.165, 1.54) is 5.56 Å². The average molecular weight is 387 g/mol. The molecule has 0 fully saturated rings. The van der Waals surface area contributed by atoms with Gasteiger partial charge in [-0.05, 0) is 60.9 Å². The van der Waals surface area contributed by atoms with Crippen molar-refractivity contribution >= 4 is 6.08 Å². The molecule has 0 aliphatic carbocycles. The Labute approximate surface area is 172 Å². The van der Waals surface area contributed by atoms with Gasteiger partial charge in [-0.1, -0.05) is 60.7 Å². The van der Waals surface area contributed by atoms with Gasteiger partial charge in [0.15, 0.2) is 5.82 Å². The van der Waals surface area contributed by atoms with E-state index >= 15 is 0 Å². The fourth-order valence-corrected chi connectivity index (χ4v) is 3.28. The molecule has 3 heteroatoms. The first-order valence-electron chi connectivity index (χ1n) is 10.1. The summed E-state index contributed by atoms with van der Waals surface area (Å²) in [6, 6.07) is 16.7. The SMILES string of the molecule is C=CCc1cc(-c2ccc(C=CCCCC(C)F)cc2)ccc1-c1ncccn1. The van der Waals surface area contributed by atoms with Gasteiger partial charge in [0.25, 0.3) is 0 Å². The molecule has 0 radical (unpaired) electrons. The van der Waals surface area contributed by atoms with Gasteiger partial charge in [0.1, 0.15) is 0 Å². The second-order valence-corrected chi connectivity index (χ2v) is 7.17. The number of benzene rings is 2. The third-order valence-corrected chi connectivity index (χ3v) is 4.80. The van der Waals surface area contributed by atoms with Gasteiger partial charge in [0.05, 0.1) is 6.17 Å². The molecule has 1 atom stereocenters. The molecule has 3 aromatic rings. The van der Waals surface area contributed by atoms with Crippen LogP contribution >= 0.6 is 0 Å². The summed E-state index contributed by atoms with van der Waals surface area (Å²) < 4.78 is 12.8. The largest absolute Gasteiger partial charge is 0.248 e. The Kier molecular flexibility index (Phi) is 7.46. The van der Waals surface area contributed by atoms with E-state index in [0.717, 1.165) is 47.3 Å². The number of nitrogens with zero attached hydrogens (tertiary/aromatic N) is 2. The number of hydrogen-bond donors (Lipinski definition) is 0. The molecule has 0 aliphatic heterocycles. The standard InChI is InChI=1S/C26H27FN2/c1-3-8-24-19-23(15-16-25(24)26-28-17-7-18-29-26)22-13-11-21(12-14-22)10-6-4-5-9-20(2)27/h3,6-7,10-20H,1,4-5,8-9H2,2H3. The van der Waals surface area contributed by atoms with Gasteiger partial charge < -0.3 is 0 Å². The van der Waals surface area contributed by atoms with Gasteiger partial charge >= 0.3 is 0 Å². The maximum Gasteiger partial charge on any atom is 0.159 e. The van der Waals surface area contributed by atoms with Gasteiger partial charge in [-0.3, -0.25) is 0 Å². The molecule has 1 heterocycles. The third-order valence-electron chi connectivity index (χ3n) is 4.80. The molecule has 1 unspecified atom stereocenters. The summed E-state index contributed by atoms with van der Waals surface area (Å²) in [6.07, 6.45) is 12.1. The fourth-order valence-electron chi connectivity index (χ4n) is 3.28. The minimum absolute atomic E-state index is 0.625. The molecule has 0 N–H and O–H groups in total. The summed E-state index contributed by atoms with van der Waals surface area (Å²) >= 11 is 0. The van der Waals surface area contributed by atoms with Crippen molar-refractivity contribution in [1.82, 2.24) is 9.97 Å². The number of alkyl halides is 1. The van der Waals surface area contributed by atoms with Crippen molar-refractivity contribution in [3.8, 4) is 22.5 Å². The molecule has 148 valence electrons. The van der Waals surface area contributed by atoms with E-state index in [-0.39, 0.29) is 0 Å². The van der Waals surface area contributed by atoms with Crippen molar-refractivity contribution in [3.05, 3.63) is 90.8 Å². The highest BCUT2D eigenvalue weighted by Gasteiger charge is 2.09. The molecule has 3 rings (SSSR count). The Morgan fingerprint density at radius 3 is 2.45 bits per heavy atom. The number of aromatic nitrogens is 2. The molecule has 0 spiro atoms. The Morgan fingerprint density at radius 2 is 1.76 bits per heavy atom. The molecule has 0 amide bonds. The van der Waals surface area contributed by atoms with E-state index in [4.69, 9.17) is 0 Å². The molecule has 0 bridgehead atoms. The van der Waals surface area contributed by atoms with Gasteiger partial charge in [-0.2, -0.15) is 0 Å². The highest BCUT2D eigenvalue weighted by atomic mass is 19.1. The number of unbranched alkanes of at least 4 members (excludes halogenated alkanes) is 1. The van der Waals surface area contributed by atoms with Crippen molar-refractivity contribution in [1.29, 1.82) is 0 Å². The zero-order chi connectivity index (χ0) is 20.5. The molecular weight excluding hydrogens is 359 g/mol. The Hall–Kier alpha value is -3.07. The summed E-state index contributed by atoms with van der Waals surface area (Å²) in [5.41, 5.74) is 5.68. The van der Waals surface area contributed by atoms with Crippen LogP contribution < -0.4 is 0 Å². The third kappa shape index (κ3) is 5.95. The molecule has 0 saturated carbocycles. The van der Waals surface area contributed by atoms with Crippen molar-refractivity contribution in [2.75, 3.05) is 0 Å². The van der Waals surface area contributed by atoms with Crippen molar-refractivity contribution in [2.45, 2.75) is 38.8 Å². The van der Waals surface area contributed by atoms with Crippen molar-refractivity contribution in [3.63, 3.8) is 0 Å². The highest BCUT2D eigenvalue weighted by Crippen LogP contribution is 2.28. The van der Waals surface area contributed by atoms with Crippen LogP contribution in [0.1, 0.15) is 37.3 Å². The quantitative estimate of drug-likeness (QED) is 0.290. The summed E-state index contributed by atoms with van der Waals surface area (Å²) in [6.45, 7) is 5.50. The molecule has 2 aromatic carbocycles. The van der Waals surface area contributed by atoms with Crippen LogP contribution in [0.25, 0.3) is 28.6 Å². The molecule has 1 aromatic heterocycles. The lowest BCUT2D eigenvalue weighted by atomic mass is 9.96. The van der Waals surface area contributed by atoms with Crippen LogP contribution in [0.2, 0.25) is 0 Å². The van der Waals surface area contributed by atoms with Crippen LogP contribution in [0.3, 0.4) is 0 Å². The Bertz CT molecular complexity index is 944. The van der Waals surface area contributed by atoms with Crippen LogP contribution in [0.4, 0.5) is 4.39 Å². The molecule has 0 aliphatic rings. The van der Waals surface area contributed by atoms with Crippen molar-refractivity contribution in [2.24, 2.45) is 0 Å². The van der Waals surface area contributed by atoms with Crippen LogP contribution in [0, 0.1) is 0 Å². The Morgan fingerprint density at radius 1 is 1.03 bits per heavy atom. The number of rotatable bonds is 9. The zero-order valence-electron chi connectivity index (χ0n) is 16.9. The lowest BCUT2D eigenvalue weighted by Gasteiger charge is -2.10. The topological polar surface area (TPSA) is 25.8 Å². The average Bonchev–Trinajstić information content (AvgIpc) is 2.74. The first kappa shape index (κ1) is 20.7. The van der Waals surface area contributed by atoms with Gasteiger partial charge in [0.2, 0.25) is 0 Å². The predicted molar refractivity (Wildman–Crippen MR) is 120 cm³/mol. The highest BCUT2D eigenvalue weighted by molar-refractivity contribution is 5.72. The van der Waals surface area contributed by atoms with E-state index in [2.05, 4.69) is 71.2 Å². The summed E-state index contributed by atoms with van der Waals surface area (Å²) in [4.78, 5) is 8.77. The molecule has 29 heavy (non-hydrogen) atoms. The monoisotopic (exact) mass is 386 g/mol. The van der Waals surface area contributed by atoms with Crippen LogP contribution in [0.5, 0.6) is 0 Å². The van der Waals surface area contributed by atoms with Crippen molar-refractivity contribution < 1.29 is 4.39 Å². The normalized spacial score (nSPS) is 12.2. The van der Waals surface area contributed by atoms with Gasteiger partial charge in [0, 0.05) is 18.0 Å². The maximum atomic E-state index is 12.8. The minimum atomic E-state index is -0.714. The second-order valence-electron chi connectivity index (χ2n) is 7.17. The number of hydrogen-bond acceptors (Lipinski definition) is 2. The van der Waals surface area contributed by atoms with Crippen LogP contribution in [-0.4, -0.2) is 16.1 Å². The van der Waals surface area contributed by atoms with E-state index in [0.29, 0.717) is 6.42 Å². The summed E-state index contributed by atoms with van der Waals surface area (Å²) in [5, 5.41) is 0. The van der Waals surface area contributed by atoms with E-state index in [1.54, 1.807) is 19.3 Å². The van der Waals surface area contributed by atoms with E-state index in [9.17, 15) is 4.39 Å². The molecule has 2 nitrogen and oxygen atoms in total. The summed E-state index contributed by atoms with van der Waals surface area (Å²) in [5.74, 6) is 0.735. The fraction of sp³-hybridized carbons (Fsp3) is 0.231. The summed E-state index contributed by atoms with van der Waals surface area (Å²) in [7, 11) is 0. The van der Waals surface area contributed by atoms with E-state index in [1.807, 2.05) is 12.1 Å². The smallest absolute Gasteiger partial charge is 0.159 e. The molecular formula is C26H27FN2. The maximum absolute atomic E-state index is 12.8. The second kappa shape index (κ2) is 10.5.